The Bertz CT molecular complexity index is 1460. The number of nitrogens with zero attached hydrogens (tertiary/aromatic N) is 2. The molecule has 2 aromatic carbocycles. The van der Waals surface area contributed by atoms with Gasteiger partial charge in [-0.2, -0.15) is 3.97 Å². The minimum absolute atomic E-state index is 0.0716. The summed E-state index contributed by atoms with van der Waals surface area (Å²) >= 11 is 0. The lowest BCUT2D eigenvalue weighted by Gasteiger charge is -2.33. The Morgan fingerprint density at radius 3 is 2.63 bits per heavy atom. The number of anilines is 1. The summed E-state index contributed by atoms with van der Waals surface area (Å²) in [6.45, 7) is 3.01. The number of hydrogen-bond donors (Lipinski definition) is 1. The van der Waals surface area contributed by atoms with Gasteiger partial charge in [0.25, 0.3) is 10.0 Å². The largest absolute Gasteiger partial charge is 0.495 e. The minimum atomic E-state index is -4.32. The normalized spacial score (nSPS) is 22.4. The van der Waals surface area contributed by atoms with Crippen LogP contribution in [0.25, 0.3) is 11.0 Å². The lowest BCUT2D eigenvalue weighted by atomic mass is 9.92. The van der Waals surface area contributed by atoms with Gasteiger partial charge >= 0.3 is 5.69 Å². The molecule has 0 bridgehead atoms. The van der Waals surface area contributed by atoms with Gasteiger partial charge in [0.2, 0.25) is 0 Å². The highest BCUT2D eigenvalue weighted by Crippen LogP contribution is 2.36. The quantitative estimate of drug-likeness (QED) is 0.421. The number of fused-ring (bicyclic) bond motifs is 1. The van der Waals surface area contributed by atoms with Gasteiger partial charge in [-0.05, 0) is 76.1 Å². The third-order valence-electron chi connectivity index (χ3n) is 7.27. The second-order valence-corrected chi connectivity index (χ2v) is 11.5. The molecule has 5 rings (SSSR count). The van der Waals surface area contributed by atoms with E-state index in [9.17, 15) is 13.2 Å². The van der Waals surface area contributed by atoms with Crippen molar-refractivity contribution in [3.63, 3.8) is 0 Å². The first-order chi connectivity index (χ1) is 18.3. The predicted molar refractivity (Wildman–Crippen MR) is 143 cm³/mol. The van der Waals surface area contributed by atoms with Crippen LogP contribution in [0.15, 0.2) is 46.1 Å². The highest BCUT2D eigenvalue weighted by atomic mass is 32.2. The molecule has 38 heavy (non-hydrogen) atoms. The summed E-state index contributed by atoms with van der Waals surface area (Å²) in [6, 6.07) is 9.06. The number of aromatic nitrogens is 2. The first-order valence-corrected chi connectivity index (χ1v) is 14.6. The second-order valence-electron chi connectivity index (χ2n) is 9.79. The molecule has 3 aromatic rings. The zero-order valence-electron chi connectivity index (χ0n) is 21.8. The molecule has 0 spiro atoms. The summed E-state index contributed by atoms with van der Waals surface area (Å²) in [5, 5.41) is 0. The van der Waals surface area contributed by atoms with Crippen LogP contribution < -0.4 is 20.9 Å². The minimum Gasteiger partial charge on any atom is -0.495 e. The molecule has 1 unspecified atom stereocenters. The van der Waals surface area contributed by atoms with Crippen molar-refractivity contribution < 1.29 is 27.4 Å². The number of benzene rings is 2. The third kappa shape index (κ3) is 5.02. The second kappa shape index (κ2) is 11.0. The van der Waals surface area contributed by atoms with E-state index in [0.29, 0.717) is 36.6 Å². The van der Waals surface area contributed by atoms with Gasteiger partial charge < -0.3 is 24.7 Å². The molecule has 2 heterocycles. The molecule has 206 valence electrons. The zero-order chi connectivity index (χ0) is 26.9. The first kappa shape index (κ1) is 26.6. The molecule has 0 amide bonds. The highest BCUT2D eigenvalue weighted by Gasteiger charge is 2.33. The molecule has 1 saturated carbocycles. The van der Waals surface area contributed by atoms with Crippen molar-refractivity contribution in [1.82, 2.24) is 8.54 Å². The Labute approximate surface area is 222 Å². The van der Waals surface area contributed by atoms with Crippen LogP contribution in [0.5, 0.6) is 11.5 Å². The number of ether oxygens (including phenoxy) is 4. The summed E-state index contributed by atoms with van der Waals surface area (Å²) in [6.07, 6.45) is 5.70. The Morgan fingerprint density at radius 2 is 1.89 bits per heavy atom. The van der Waals surface area contributed by atoms with Crippen molar-refractivity contribution in [2.24, 2.45) is 0 Å². The van der Waals surface area contributed by atoms with E-state index < -0.39 is 15.7 Å². The summed E-state index contributed by atoms with van der Waals surface area (Å²) < 4.78 is 53.4. The van der Waals surface area contributed by atoms with Gasteiger partial charge in [-0.15, -0.1) is 0 Å². The number of imidazole rings is 1. The van der Waals surface area contributed by atoms with Gasteiger partial charge in [0.1, 0.15) is 16.4 Å². The van der Waals surface area contributed by atoms with Crippen molar-refractivity contribution in [3.05, 3.63) is 46.9 Å². The molecule has 3 atom stereocenters. The summed E-state index contributed by atoms with van der Waals surface area (Å²) in [5.74, 6) is 0.634. The van der Waals surface area contributed by atoms with Crippen molar-refractivity contribution in [2.45, 2.75) is 75.2 Å². The fraction of sp³-hybridized carbons (Fsp3) is 0.519. The van der Waals surface area contributed by atoms with Gasteiger partial charge in [0.05, 0.1) is 30.9 Å². The number of methoxy groups -OCH3 is 1. The first-order valence-electron chi connectivity index (χ1n) is 13.2. The molecule has 1 saturated heterocycles. The Hall–Kier alpha value is -3.02. The topological polar surface area (TPSA) is 124 Å². The predicted octanol–water partition coefficient (Wildman–Crippen LogP) is 4.06. The Balaban J connectivity index is 1.60. The smallest absolute Gasteiger partial charge is 0.343 e. The maximum atomic E-state index is 14.0. The molecule has 0 radical (unpaired) electrons. The lowest BCUT2D eigenvalue weighted by Crippen LogP contribution is -2.36. The molecular weight excluding hydrogens is 510 g/mol. The van der Waals surface area contributed by atoms with E-state index in [-0.39, 0.29) is 34.6 Å². The van der Waals surface area contributed by atoms with E-state index in [1.54, 1.807) is 22.8 Å². The molecule has 10 nitrogen and oxygen atoms in total. The number of rotatable bonds is 8. The molecule has 2 aliphatic rings. The average molecular weight is 546 g/mol. The average Bonchev–Trinajstić information content (AvgIpc) is 3.21. The summed E-state index contributed by atoms with van der Waals surface area (Å²) in [5.41, 5.74) is 6.34. The maximum Gasteiger partial charge on any atom is 0.343 e. The van der Waals surface area contributed by atoms with Crippen LogP contribution in [0.3, 0.4) is 0 Å². The molecular formula is C27H35N3O7S. The van der Waals surface area contributed by atoms with Crippen LogP contribution in [0.4, 0.5) is 5.69 Å². The highest BCUT2D eigenvalue weighted by molar-refractivity contribution is 7.90. The van der Waals surface area contributed by atoms with E-state index in [0.717, 1.165) is 42.5 Å². The van der Waals surface area contributed by atoms with E-state index in [4.69, 9.17) is 24.7 Å². The van der Waals surface area contributed by atoms with Gasteiger partial charge in [0.15, 0.2) is 6.29 Å². The van der Waals surface area contributed by atoms with Gasteiger partial charge in [-0.1, -0.05) is 0 Å². The zero-order valence-corrected chi connectivity index (χ0v) is 22.6. The van der Waals surface area contributed by atoms with E-state index in [1.165, 1.54) is 25.3 Å². The Morgan fingerprint density at radius 1 is 1.05 bits per heavy atom. The lowest BCUT2D eigenvalue weighted by molar-refractivity contribution is -0.195. The number of nitrogens with two attached hydrogens (primary N) is 1. The van der Waals surface area contributed by atoms with Crippen molar-refractivity contribution in [3.8, 4) is 11.5 Å². The van der Waals surface area contributed by atoms with Gasteiger partial charge in [-0.3, -0.25) is 4.57 Å². The SMILES string of the molecule is CCOc1ccc2c(c1)n(C1CCC[C@H](O[C@@H]3CCCCO3)C1)c(=O)n2S(=O)(=O)c1ccc(N)cc1OC. The van der Waals surface area contributed by atoms with E-state index >= 15 is 0 Å². The Kier molecular flexibility index (Phi) is 7.69. The molecule has 1 aliphatic carbocycles. The molecule has 1 aromatic heterocycles. The fourth-order valence-corrected chi connectivity index (χ4v) is 7.06. The van der Waals surface area contributed by atoms with Crippen LogP contribution in [-0.2, 0) is 19.5 Å². The van der Waals surface area contributed by atoms with E-state index in [1.807, 2.05) is 6.92 Å². The standard InChI is InChI=1S/C27H35N3O7S/c1-3-35-20-11-12-22-23(17-20)29(19-7-6-8-21(16-19)37-26-9-4-5-14-36-26)27(31)30(22)38(32,33)25-13-10-18(28)15-24(25)34-2/h10-13,15,17,19,21,26H,3-9,14,16,28H2,1-2H3/t19?,21-,26+/m0/s1. The van der Waals surface area contributed by atoms with Crippen molar-refractivity contribution in [1.29, 1.82) is 0 Å². The van der Waals surface area contributed by atoms with Crippen molar-refractivity contribution in [2.75, 3.05) is 26.1 Å². The molecule has 11 heteroatoms. The number of hydrogen-bond acceptors (Lipinski definition) is 8. The van der Waals surface area contributed by atoms with E-state index in [2.05, 4.69) is 0 Å². The van der Waals surface area contributed by atoms with Crippen LogP contribution in [0.1, 0.15) is 57.9 Å². The monoisotopic (exact) mass is 545 g/mol. The van der Waals surface area contributed by atoms with Gasteiger partial charge in [-0.25, -0.2) is 13.2 Å². The molecule has 2 fully saturated rings. The summed E-state index contributed by atoms with van der Waals surface area (Å²) in [7, 11) is -2.96. The third-order valence-corrected chi connectivity index (χ3v) is 8.99. The van der Waals surface area contributed by atoms with Crippen LogP contribution in [0, 0.1) is 0 Å². The van der Waals surface area contributed by atoms with Crippen molar-refractivity contribution >= 4 is 26.7 Å². The molecule has 1 aliphatic heterocycles. The van der Waals surface area contributed by atoms with Crippen LogP contribution >= 0.6 is 0 Å². The summed E-state index contributed by atoms with van der Waals surface area (Å²) in [4.78, 5) is 13.9. The fourth-order valence-electron chi connectivity index (χ4n) is 5.52. The van der Waals surface area contributed by atoms with Gasteiger partial charge in [0, 0.05) is 30.5 Å². The molecule has 2 N–H and O–H groups in total. The number of nitrogen functional groups attached to an aromatic ring is 1. The van der Waals surface area contributed by atoms with Crippen LogP contribution in [0.2, 0.25) is 0 Å². The maximum absolute atomic E-state index is 14.0. The van der Waals surface area contributed by atoms with Crippen LogP contribution in [-0.4, -0.2) is 49.7 Å².